The molecule has 1 atom stereocenters. The lowest BCUT2D eigenvalue weighted by molar-refractivity contribution is 0.0991. The lowest BCUT2D eigenvalue weighted by Gasteiger charge is -2.09. The molecule has 0 aliphatic rings. The molecule has 1 nitrogen and oxygen atoms in total. The zero-order valence-electron chi connectivity index (χ0n) is 8.80. The molecule has 0 spiro atoms. The van der Waals surface area contributed by atoms with E-state index in [9.17, 15) is 4.79 Å². The second-order valence-corrected chi connectivity index (χ2v) is 4.15. The van der Waals surface area contributed by atoms with Crippen molar-refractivity contribution in [1.29, 1.82) is 0 Å². The van der Waals surface area contributed by atoms with Gasteiger partial charge >= 0.3 is 0 Å². The summed E-state index contributed by atoms with van der Waals surface area (Å²) in [5.41, 5.74) is 2.95. The SMILES string of the molecule is CCc1ccc(C)cc1C(=O)C(C)Cl. The van der Waals surface area contributed by atoms with Crippen LogP contribution in [0, 0.1) is 6.92 Å². The Morgan fingerprint density at radius 2 is 2.14 bits per heavy atom. The van der Waals surface area contributed by atoms with E-state index in [1.807, 2.05) is 32.0 Å². The fourth-order valence-corrected chi connectivity index (χ4v) is 1.56. The lowest BCUT2D eigenvalue weighted by atomic mass is 9.98. The van der Waals surface area contributed by atoms with Crippen LogP contribution in [0.4, 0.5) is 0 Å². The first kappa shape index (κ1) is 11.3. The van der Waals surface area contributed by atoms with Gasteiger partial charge in [-0.1, -0.05) is 24.6 Å². The van der Waals surface area contributed by atoms with Gasteiger partial charge in [-0.3, -0.25) is 4.79 Å². The molecule has 0 N–H and O–H groups in total. The monoisotopic (exact) mass is 210 g/mol. The molecule has 0 fully saturated rings. The predicted octanol–water partition coefficient (Wildman–Crippen LogP) is 3.37. The molecule has 0 aromatic heterocycles. The van der Waals surface area contributed by atoms with Crippen LogP contribution in [-0.4, -0.2) is 11.2 Å². The summed E-state index contributed by atoms with van der Waals surface area (Å²) in [7, 11) is 0. The maximum absolute atomic E-state index is 11.7. The van der Waals surface area contributed by atoms with Gasteiger partial charge in [-0.2, -0.15) is 0 Å². The van der Waals surface area contributed by atoms with E-state index in [4.69, 9.17) is 11.6 Å². The van der Waals surface area contributed by atoms with E-state index in [0.717, 1.165) is 23.1 Å². The molecule has 1 unspecified atom stereocenters. The van der Waals surface area contributed by atoms with Gasteiger partial charge in [-0.05, 0) is 31.9 Å². The molecule has 0 aliphatic carbocycles. The highest BCUT2D eigenvalue weighted by molar-refractivity contribution is 6.33. The Bertz CT molecular complexity index is 342. The number of benzene rings is 1. The minimum absolute atomic E-state index is 0.0206. The highest BCUT2D eigenvalue weighted by atomic mass is 35.5. The number of hydrogen-bond donors (Lipinski definition) is 0. The van der Waals surface area contributed by atoms with Crippen molar-refractivity contribution in [3.8, 4) is 0 Å². The first-order valence-electron chi connectivity index (χ1n) is 4.84. The van der Waals surface area contributed by atoms with Gasteiger partial charge < -0.3 is 0 Å². The zero-order chi connectivity index (χ0) is 10.7. The molecule has 0 bridgehead atoms. The number of halogens is 1. The minimum Gasteiger partial charge on any atom is -0.293 e. The number of carbonyl (C=O) groups is 1. The van der Waals surface area contributed by atoms with Crippen molar-refractivity contribution in [3.63, 3.8) is 0 Å². The number of aryl methyl sites for hydroxylation is 2. The van der Waals surface area contributed by atoms with Gasteiger partial charge in [0.2, 0.25) is 0 Å². The third kappa shape index (κ3) is 2.36. The second kappa shape index (κ2) is 4.61. The van der Waals surface area contributed by atoms with E-state index in [0.29, 0.717) is 0 Å². The Hall–Kier alpha value is -0.820. The fraction of sp³-hybridized carbons (Fsp3) is 0.417. The number of rotatable bonds is 3. The maximum Gasteiger partial charge on any atom is 0.180 e. The molecule has 0 saturated carbocycles. The first-order chi connectivity index (χ1) is 6.56. The van der Waals surface area contributed by atoms with Gasteiger partial charge in [-0.25, -0.2) is 0 Å². The van der Waals surface area contributed by atoms with Crippen molar-refractivity contribution in [2.45, 2.75) is 32.6 Å². The largest absolute Gasteiger partial charge is 0.293 e. The molecule has 76 valence electrons. The van der Waals surface area contributed by atoms with Crippen molar-refractivity contribution >= 4 is 17.4 Å². The molecule has 1 aromatic carbocycles. The van der Waals surface area contributed by atoms with Crippen molar-refractivity contribution in [2.75, 3.05) is 0 Å². The van der Waals surface area contributed by atoms with Gasteiger partial charge in [-0.15, -0.1) is 11.6 Å². The van der Waals surface area contributed by atoms with Crippen LogP contribution in [0.15, 0.2) is 18.2 Å². The van der Waals surface area contributed by atoms with Crippen molar-refractivity contribution in [2.24, 2.45) is 0 Å². The van der Waals surface area contributed by atoms with Crippen molar-refractivity contribution in [3.05, 3.63) is 34.9 Å². The zero-order valence-corrected chi connectivity index (χ0v) is 9.56. The van der Waals surface area contributed by atoms with Crippen LogP contribution in [0.25, 0.3) is 0 Å². The number of carbonyl (C=O) groups excluding carboxylic acids is 1. The van der Waals surface area contributed by atoms with Gasteiger partial charge in [0.25, 0.3) is 0 Å². The van der Waals surface area contributed by atoms with Gasteiger partial charge in [0.1, 0.15) is 0 Å². The number of ketones is 1. The topological polar surface area (TPSA) is 17.1 Å². The van der Waals surface area contributed by atoms with Crippen LogP contribution in [0.2, 0.25) is 0 Å². The molecular formula is C12H15ClO. The van der Waals surface area contributed by atoms with E-state index < -0.39 is 5.38 Å². The third-order valence-corrected chi connectivity index (χ3v) is 2.47. The molecule has 14 heavy (non-hydrogen) atoms. The van der Waals surface area contributed by atoms with Crippen LogP contribution in [0.3, 0.4) is 0 Å². The molecule has 0 saturated heterocycles. The molecule has 0 amide bonds. The lowest BCUT2D eigenvalue weighted by Crippen LogP contribution is -2.13. The quantitative estimate of drug-likeness (QED) is 0.552. The van der Waals surface area contributed by atoms with Crippen LogP contribution in [-0.2, 0) is 6.42 Å². The summed E-state index contributed by atoms with van der Waals surface area (Å²) in [6.07, 6.45) is 0.866. The Balaban J connectivity index is 3.17. The summed E-state index contributed by atoms with van der Waals surface area (Å²) in [6.45, 7) is 5.74. The Labute approximate surface area is 90.1 Å². The predicted molar refractivity (Wildman–Crippen MR) is 60.2 cm³/mol. The highest BCUT2D eigenvalue weighted by Crippen LogP contribution is 2.16. The van der Waals surface area contributed by atoms with Gasteiger partial charge in [0.15, 0.2) is 5.78 Å². The molecule has 0 heterocycles. The summed E-state index contributed by atoms with van der Waals surface area (Å²) in [5, 5.41) is -0.443. The Kier molecular flexibility index (Phi) is 3.70. The average molecular weight is 211 g/mol. The number of Topliss-reactive ketones (excluding diaryl/α,β-unsaturated/α-hetero) is 1. The fourth-order valence-electron chi connectivity index (χ4n) is 1.44. The van der Waals surface area contributed by atoms with E-state index in [1.165, 1.54) is 0 Å². The van der Waals surface area contributed by atoms with Crippen LogP contribution < -0.4 is 0 Å². The minimum atomic E-state index is -0.443. The molecule has 1 aromatic rings. The van der Waals surface area contributed by atoms with Crippen LogP contribution in [0.1, 0.15) is 35.3 Å². The number of alkyl halides is 1. The summed E-state index contributed by atoms with van der Waals surface area (Å²) in [5.74, 6) is 0.0206. The van der Waals surface area contributed by atoms with E-state index in [-0.39, 0.29) is 5.78 Å². The first-order valence-corrected chi connectivity index (χ1v) is 5.27. The van der Waals surface area contributed by atoms with E-state index >= 15 is 0 Å². The summed E-state index contributed by atoms with van der Waals surface area (Å²) >= 11 is 5.79. The molecule has 0 aliphatic heterocycles. The normalized spacial score (nSPS) is 12.6. The standard InChI is InChI=1S/C12H15ClO/c1-4-10-6-5-8(2)7-11(10)12(14)9(3)13/h5-7,9H,4H2,1-3H3. The molecular weight excluding hydrogens is 196 g/mol. The smallest absolute Gasteiger partial charge is 0.180 e. The maximum atomic E-state index is 11.7. The third-order valence-electron chi connectivity index (χ3n) is 2.27. The summed E-state index contributed by atoms with van der Waals surface area (Å²) < 4.78 is 0. The van der Waals surface area contributed by atoms with Crippen LogP contribution >= 0.6 is 11.6 Å². The molecule has 0 radical (unpaired) electrons. The Morgan fingerprint density at radius 1 is 1.50 bits per heavy atom. The van der Waals surface area contributed by atoms with Crippen LogP contribution in [0.5, 0.6) is 0 Å². The number of hydrogen-bond acceptors (Lipinski definition) is 1. The molecule has 1 rings (SSSR count). The summed E-state index contributed by atoms with van der Waals surface area (Å²) in [6, 6.07) is 5.94. The van der Waals surface area contributed by atoms with Crippen molar-refractivity contribution < 1.29 is 4.79 Å². The Morgan fingerprint density at radius 3 is 2.64 bits per heavy atom. The van der Waals surface area contributed by atoms with E-state index in [2.05, 4.69) is 0 Å². The van der Waals surface area contributed by atoms with Gasteiger partial charge in [0, 0.05) is 5.56 Å². The second-order valence-electron chi connectivity index (χ2n) is 3.49. The highest BCUT2D eigenvalue weighted by Gasteiger charge is 2.15. The van der Waals surface area contributed by atoms with Gasteiger partial charge in [0.05, 0.1) is 5.38 Å². The average Bonchev–Trinajstić information content (AvgIpc) is 2.16. The van der Waals surface area contributed by atoms with Crippen molar-refractivity contribution in [1.82, 2.24) is 0 Å². The molecule has 2 heteroatoms. The summed E-state index contributed by atoms with van der Waals surface area (Å²) in [4.78, 5) is 11.7. The van der Waals surface area contributed by atoms with E-state index in [1.54, 1.807) is 6.92 Å².